The van der Waals surface area contributed by atoms with Crippen LogP contribution in [0.4, 0.5) is 0 Å². The van der Waals surface area contributed by atoms with Gasteiger partial charge < -0.3 is 14.1 Å². The number of hydrogen-bond donors (Lipinski definition) is 2. The third-order valence-corrected chi connectivity index (χ3v) is 4.36. The molecule has 0 bridgehead atoms. The number of carboxylic acids is 1. The van der Waals surface area contributed by atoms with E-state index in [2.05, 4.69) is 10.5 Å². The molecule has 7 nitrogen and oxygen atoms in total. The molecule has 1 aromatic carbocycles. The standard InChI is InChI=1S/C20H19N3O4/c1-12-10-15(11-21-22-19(24)18-8-5-9-27-18)14(3)23(12)17-7-4-6-16(13(17)2)20(25)26/h4-11H,1-3H3,(H,22,24)(H,25,26)/b21-11+. The van der Waals surface area contributed by atoms with E-state index in [-0.39, 0.29) is 11.3 Å². The summed E-state index contributed by atoms with van der Waals surface area (Å²) in [4.78, 5) is 23.2. The van der Waals surface area contributed by atoms with E-state index in [0.29, 0.717) is 5.56 Å². The predicted molar refractivity (Wildman–Crippen MR) is 101 cm³/mol. The van der Waals surface area contributed by atoms with Crippen LogP contribution >= 0.6 is 0 Å². The van der Waals surface area contributed by atoms with Crippen molar-refractivity contribution in [2.45, 2.75) is 20.8 Å². The minimum absolute atomic E-state index is 0.179. The average molecular weight is 365 g/mol. The van der Waals surface area contributed by atoms with Gasteiger partial charge in [-0.25, -0.2) is 10.2 Å². The fourth-order valence-electron chi connectivity index (χ4n) is 3.01. The first kappa shape index (κ1) is 18.2. The van der Waals surface area contributed by atoms with Gasteiger partial charge in [0.1, 0.15) is 0 Å². The number of benzene rings is 1. The molecule has 0 fully saturated rings. The third-order valence-electron chi connectivity index (χ3n) is 4.36. The highest BCUT2D eigenvalue weighted by Gasteiger charge is 2.15. The van der Waals surface area contributed by atoms with Crippen LogP contribution in [0.3, 0.4) is 0 Å². The number of carbonyl (C=O) groups is 2. The lowest BCUT2D eigenvalue weighted by molar-refractivity contribution is 0.0695. The first-order valence-corrected chi connectivity index (χ1v) is 8.29. The molecule has 7 heteroatoms. The molecule has 0 aliphatic rings. The van der Waals surface area contributed by atoms with Crippen molar-refractivity contribution in [3.05, 3.63) is 76.5 Å². The van der Waals surface area contributed by atoms with Gasteiger partial charge in [-0.2, -0.15) is 5.10 Å². The third kappa shape index (κ3) is 3.52. The second-order valence-corrected chi connectivity index (χ2v) is 6.09. The van der Waals surface area contributed by atoms with Gasteiger partial charge in [0.05, 0.1) is 18.0 Å². The van der Waals surface area contributed by atoms with Gasteiger partial charge in [-0.3, -0.25) is 4.79 Å². The SMILES string of the molecule is Cc1c(C(=O)O)cccc1-n1c(C)cc(/C=N/NC(=O)c2ccco2)c1C. The summed E-state index contributed by atoms with van der Waals surface area (Å²) in [6.07, 6.45) is 2.97. The Morgan fingerprint density at radius 2 is 1.96 bits per heavy atom. The van der Waals surface area contributed by atoms with Crippen LogP contribution in [0.1, 0.15) is 43.4 Å². The average Bonchev–Trinajstić information content (AvgIpc) is 3.24. The Labute approximate surface area is 155 Å². The summed E-state index contributed by atoms with van der Waals surface area (Å²) in [5, 5.41) is 13.3. The largest absolute Gasteiger partial charge is 0.478 e. The van der Waals surface area contributed by atoms with Gasteiger partial charge in [0.25, 0.3) is 0 Å². The molecule has 0 saturated heterocycles. The maximum absolute atomic E-state index is 11.8. The van der Waals surface area contributed by atoms with Crippen molar-refractivity contribution in [2.75, 3.05) is 0 Å². The quantitative estimate of drug-likeness (QED) is 0.534. The molecule has 3 rings (SSSR count). The minimum atomic E-state index is -0.959. The van der Waals surface area contributed by atoms with E-state index >= 15 is 0 Å². The number of nitrogens with one attached hydrogen (secondary N) is 1. The lowest BCUT2D eigenvalue weighted by Gasteiger charge is -2.14. The van der Waals surface area contributed by atoms with E-state index in [1.54, 1.807) is 37.4 Å². The van der Waals surface area contributed by atoms with Crippen LogP contribution < -0.4 is 5.43 Å². The molecular weight excluding hydrogens is 346 g/mol. The van der Waals surface area contributed by atoms with E-state index in [9.17, 15) is 14.7 Å². The maximum Gasteiger partial charge on any atom is 0.336 e. The van der Waals surface area contributed by atoms with E-state index < -0.39 is 11.9 Å². The Kier molecular flexibility index (Phi) is 4.94. The molecule has 0 spiro atoms. The zero-order valence-corrected chi connectivity index (χ0v) is 15.2. The second kappa shape index (κ2) is 7.33. The number of rotatable bonds is 5. The number of nitrogens with zero attached hydrogens (tertiary/aromatic N) is 2. The lowest BCUT2D eigenvalue weighted by atomic mass is 10.1. The number of hydrazone groups is 1. The summed E-state index contributed by atoms with van der Waals surface area (Å²) in [5.41, 5.74) is 6.78. The first-order chi connectivity index (χ1) is 12.9. The summed E-state index contributed by atoms with van der Waals surface area (Å²) >= 11 is 0. The molecule has 2 aromatic heterocycles. The van der Waals surface area contributed by atoms with Crippen molar-refractivity contribution >= 4 is 18.1 Å². The molecule has 0 aliphatic heterocycles. The lowest BCUT2D eigenvalue weighted by Crippen LogP contribution is -2.16. The number of carboxylic acid groups (broad SMARTS) is 1. The Morgan fingerprint density at radius 1 is 1.19 bits per heavy atom. The topological polar surface area (TPSA) is 96.8 Å². The molecule has 0 radical (unpaired) electrons. The molecule has 138 valence electrons. The number of hydrogen-bond acceptors (Lipinski definition) is 4. The second-order valence-electron chi connectivity index (χ2n) is 6.09. The first-order valence-electron chi connectivity index (χ1n) is 8.29. The number of furan rings is 1. The van der Waals surface area contributed by atoms with Crippen LogP contribution in [-0.2, 0) is 0 Å². The van der Waals surface area contributed by atoms with Crippen molar-refractivity contribution in [1.29, 1.82) is 0 Å². The van der Waals surface area contributed by atoms with Crippen LogP contribution in [-0.4, -0.2) is 27.8 Å². The van der Waals surface area contributed by atoms with Crippen LogP contribution in [0, 0.1) is 20.8 Å². The van der Waals surface area contributed by atoms with Gasteiger partial charge in [-0.15, -0.1) is 0 Å². The van der Waals surface area contributed by atoms with Gasteiger partial charge in [-0.05, 0) is 56.7 Å². The summed E-state index contributed by atoms with van der Waals surface area (Å²) in [7, 11) is 0. The van der Waals surface area contributed by atoms with Gasteiger partial charge in [0.2, 0.25) is 0 Å². The predicted octanol–water partition coefficient (Wildman–Crippen LogP) is 3.46. The highest BCUT2D eigenvalue weighted by Crippen LogP contribution is 2.24. The van der Waals surface area contributed by atoms with E-state index in [0.717, 1.165) is 22.6 Å². The van der Waals surface area contributed by atoms with E-state index in [4.69, 9.17) is 4.42 Å². The van der Waals surface area contributed by atoms with Crippen molar-refractivity contribution in [2.24, 2.45) is 5.10 Å². The van der Waals surface area contributed by atoms with Crippen LogP contribution in [0.25, 0.3) is 5.69 Å². The molecule has 2 heterocycles. The van der Waals surface area contributed by atoms with Crippen LogP contribution in [0.5, 0.6) is 0 Å². The Balaban J connectivity index is 1.90. The summed E-state index contributed by atoms with van der Waals surface area (Å²) < 4.78 is 6.98. The number of carbonyl (C=O) groups excluding carboxylic acids is 1. The zero-order chi connectivity index (χ0) is 19.6. The normalized spacial score (nSPS) is 11.1. The molecule has 27 heavy (non-hydrogen) atoms. The highest BCUT2D eigenvalue weighted by atomic mass is 16.4. The van der Waals surface area contributed by atoms with Crippen LogP contribution in [0.15, 0.2) is 52.2 Å². The fraction of sp³-hybridized carbons (Fsp3) is 0.150. The van der Waals surface area contributed by atoms with Gasteiger partial charge >= 0.3 is 11.9 Å². The molecule has 2 N–H and O–H groups in total. The van der Waals surface area contributed by atoms with Gasteiger partial charge in [-0.1, -0.05) is 6.07 Å². The van der Waals surface area contributed by atoms with Gasteiger partial charge in [0.15, 0.2) is 5.76 Å². The van der Waals surface area contributed by atoms with E-state index in [1.807, 2.05) is 30.5 Å². The van der Waals surface area contributed by atoms with Crippen molar-refractivity contribution in [1.82, 2.24) is 9.99 Å². The Bertz CT molecular complexity index is 1030. The fourth-order valence-corrected chi connectivity index (χ4v) is 3.01. The Hall–Kier alpha value is -3.61. The van der Waals surface area contributed by atoms with E-state index in [1.165, 1.54) is 6.26 Å². The van der Waals surface area contributed by atoms with Crippen molar-refractivity contribution < 1.29 is 19.1 Å². The van der Waals surface area contributed by atoms with Crippen molar-refractivity contribution in [3.63, 3.8) is 0 Å². The smallest absolute Gasteiger partial charge is 0.336 e. The zero-order valence-electron chi connectivity index (χ0n) is 15.2. The molecule has 1 amide bonds. The minimum Gasteiger partial charge on any atom is -0.478 e. The number of aryl methyl sites for hydroxylation is 1. The maximum atomic E-state index is 11.8. The number of aromatic carboxylic acids is 1. The van der Waals surface area contributed by atoms with Gasteiger partial charge in [0, 0.05) is 22.6 Å². The molecule has 0 atom stereocenters. The monoisotopic (exact) mass is 365 g/mol. The number of aromatic nitrogens is 1. The molecular formula is C20H19N3O4. The molecule has 3 aromatic rings. The van der Waals surface area contributed by atoms with Crippen molar-refractivity contribution in [3.8, 4) is 5.69 Å². The molecule has 0 saturated carbocycles. The molecule has 0 unspecified atom stereocenters. The molecule has 0 aliphatic carbocycles. The highest BCUT2D eigenvalue weighted by molar-refractivity contribution is 5.92. The summed E-state index contributed by atoms with van der Waals surface area (Å²) in [6, 6.07) is 10.3. The number of amides is 1. The Morgan fingerprint density at radius 3 is 2.63 bits per heavy atom. The summed E-state index contributed by atoms with van der Waals surface area (Å²) in [5.74, 6) is -1.21. The van der Waals surface area contributed by atoms with Crippen LogP contribution in [0.2, 0.25) is 0 Å². The summed E-state index contributed by atoms with van der Waals surface area (Å²) in [6.45, 7) is 5.63.